The quantitative estimate of drug-likeness (QED) is 0.445. The lowest BCUT2D eigenvalue weighted by atomic mass is 9.80. The molecule has 0 aromatic rings. The monoisotopic (exact) mass is 262 g/mol. The van der Waals surface area contributed by atoms with Crippen molar-refractivity contribution in [1.29, 1.82) is 0 Å². The zero-order valence-electron chi connectivity index (χ0n) is 10.8. The van der Waals surface area contributed by atoms with Crippen molar-refractivity contribution in [3.05, 3.63) is 21.5 Å². The van der Waals surface area contributed by atoms with Gasteiger partial charge in [-0.1, -0.05) is 28.4 Å². The third-order valence-electron chi connectivity index (χ3n) is 5.01. The highest BCUT2D eigenvalue weighted by Gasteiger charge is 2.52. The molecule has 2 fully saturated rings. The molecule has 0 aromatic carbocycles. The topological polar surface area (TPSA) is 75.9 Å². The van der Waals surface area contributed by atoms with Crippen molar-refractivity contribution < 1.29 is 4.79 Å². The fourth-order valence-electron chi connectivity index (χ4n) is 4.13. The molecule has 19 heavy (non-hydrogen) atoms. The first-order valence-electron chi connectivity index (χ1n) is 7.13. The van der Waals surface area contributed by atoms with Gasteiger partial charge in [0.15, 0.2) is 0 Å². The van der Waals surface area contributed by atoms with E-state index in [0.29, 0.717) is 18.6 Å². The van der Waals surface area contributed by atoms with E-state index in [1.165, 1.54) is 5.57 Å². The first kappa shape index (κ1) is 12.6. The predicted octanol–water partition coefficient (Wildman–Crippen LogP) is 2.98. The van der Waals surface area contributed by atoms with Gasteiger partial charge < -0.3 is 0 Å². The Morgan fingerprint density at radius 1 is 1.11 bits per heavy atom. The molecule has 3 aliphatic rings. The lowest BCUT2D eigenvalue weighted by molar-refractivity contribution is -0.119. The number of carbonyl (C=O) groups excluding carboxylic acids is 1. The minimum Gasteiger partial charge on any atom is -0.300 e. The largest absolute Gasteiger partial charge is 0.300 e. The molecule has 5 atom stereocenters. The normalized spacial score (nSPS) is 41.8. The molecule has 5 heteroatoms. The number of ketones is 1. The molecule has 0 spiro atoms. The van der Waals surface area contributed by atoms with E-state index < -0.39 is 12.1 Å². The molecule has 3 aliphatic carbocycles. The molecule has 0 N–H and O–H groups in total. The number of nitroso groups, excluding NO2 is 2. The van der Waals surface area contributed by atoms with Crippen LogP contribution in [0.1, 0.15) is 38.5 Å². The van der Waals surface area contributed by atoms with Crippen LogP contribution in [0.25, 0.3) is 0 Å². The number of hydrogen-bond donors (Lipinski definition) is 0. The molecule has 0 unspecified atom stereocenters. The summed E-state index contributed by atoms with van der Waals surface area (Å²) >= 11 is 0. The number of Topliss-reactive ketones (excluding diaryl/α,β-unsaturated/α-hetero) is 1. The van der Waals surface area contributed by atoms with Crippen LogP contribution < -0.4 is 0 Å². The first-order chi connectivity index (χ1) is 9.24. The second kappa shape index (κ2) is 4.94. The third kappa shape index (κ3) is 2.05. The summed E-state index contributed by atoms with van der Waals surface area (Å²) in [6.07, 6.45) is 7.27. The zero-order valence-corrected chi connectivity index (χ0v) is 10.8. The molecule has 5 nitrogen and oxygen atoms in total. The molecule has 3 rings (SSSR count). The Morgan fingerprint density at radius 3 is 2.63 bits per heavy atom. The van der Waals surface area contributed by atoms with Crippen molar-refractivity contribution in [2.45, 2.75) is 50.6 Å². The number of hydrogen-bond acceptors (Lipinski definition) is 5. The van der Waals surface area contributed by atoms with Gasteiger partial charge in [0.05, 0.1) is 0 Å². The van der Waals surface area contributed by atoms with Crippen molar-refractivity contribution in [3.63, 3.8) is 0 Å². The maximum atomic E-state index is 11.7. The minimum atomic E-state index is -0.499. The van der Waals surface area contributed by atoms with E-state index in [1.807, 2.05) is 0 Å². The average molecular weight is 262 g/mol. The van der Waals surface area contributed by atoms with Crippen LogP contribution in [0.3, 0.4) is 0 Å². The van der Waals surface area contributed by atoms with Crippen molar-refractivity contribution in [2.75, 3.05) is 0 Å². The summed E-state index contributed by atoms with van der Waals surface area (Å²) in [4.78, 5) is 33.6. The predicted molar refractivity (Wildman–Crippen MR) is 70.4 cm³/mol. The van der Waals surface area contributed by atoms with Crippen molar-refractivity contribution in [1.82, 2.24) is 0 Å². The highest BCUT2D eigenvalue weighted by atomic mass is 16.3. The molecular formula is C14H18N2O3. The van der Waals surface area contributed by atoms with Gasteiger partial charge in [-0.25, -0.2) is 0 Å². The Kier molecular flexibility index (Phi) is 3.29. The summed E-state index contributed by atoms with van der Waals surface area (Å²) in [6.45, 7) is 0. The van der Waals surface area contributed by atoms with Gasteiger partial charge in [0.2, 0.25) is 0 Å². The van der Waals surface area contributed by atoms with E-state index in [-0.39, 0.29) is 17.8 Å². The van der Waals surface area contributed by atoms with E-state index in [4.69, 9.17) is 0 Å². The molecule has 0 radical (unpaired) electrons. The van der Waals surface area contributed by atoms with Gasteiger partial charge in [-0.3, -0.25) is 4.79 Å². The standard InChI is InChI=1S/C14H18N2O3/c17-10-4-2-1-3-8(5-10)11-6-9-7-12(11)14(16-19)13(9)15-18/h6,8-9,12-14H,1-5,7H2/t8-,9+,12+,13-,14+/m1/s1. The molecule has 0 aromatic heterocycles. The summed E-state index contributed by atoms with van der Waals surface area (Å²) in [5.41, 5.74) is 1.21. The van der Waals surface area contributed by atoms with Crippen molar-refractivity contribution in [3.8, 4) is 0 Å². The van der Waals surface area contributed by atoms with Crippen LogP contribution in [-0.4, -0.2) is 17.9 Å². The molecule has 0 saturated heterocycles. The van der Waals surface area contributed by atoms with Crippen LogP contribution in [-0.2, 0) is 4.79 Å². The maximum Gasteiger partial charge on any atom is 0.133 e. The summed E-state index contributed by atoms with van der Waals surface area (Å²) in [5, 5.41) is 6.22. The summed E-state index contributed by atoms with van der Waals surface area (Å²) in [6, 6.07) is -0.978. The average Bonchev–Trinajstić information content (AvgIpc) is 2.91. The second-order valence-corrected chi connectivity index (χ2v) is 6.05. The summed E-state index contributed by atoms with van der Waals surface area (Å²) < 4.78 is 0. The van der Waals surface area contributed by atoms with Crippen molar-refractivity contribution in [2.24, 2.45) is 28.1 Å². The van der Waals surface area contributed by atoms with Gasteiger partial charge in [-0.05, 0) is 25.2 Å². The number of carbonyl (C=O) groups is 1. The third-order valence-corrected chi connectivity index (χ3v) is 5.01. The van der Waals surface area contributed by atoms with Crippen molar-refractivity contribution >= 4 is 5.78 Å². The van der Waals surface area contributed by atoms with E-state index in [9.17, 15) is 14.6 Å². The molecule has 102 valence electrons. The van der Waals surface area contributed by atoms with Crippen LogP contribution in [0.15, 0.2) is 22.0 Å². The van der Waals surface area contributed by atoms with E-state index in [1.54, 1.807) is 0 Å². The van der Waals surface area contributed by atoms with Gasteiger partial charge in [0, 0.05) is 24.7 Å². The van der Waals surface area contributed by atoms with Gasteiger partial charge >= 0.3 is 0 Å². The molecule has 2 bridgehead atoms. The molecular weight excluding hydrogens is 244 g/mol. The highest BCUT2D eigenvalue weighted by molar-refractivity contribution is 5.79. The second-order valence-electron chi connectivity index (χ2n) is 6.05. The van der Waals surface area contributed by atoms with Crippen LogP contribution in [0.4, 0.5) is 0 Å². The molecule has 0 heterocycles. The van der Waals surface area contributed by atoms with Gasteiger partial charge in [-0.15, -0.1) is 0 Å². The van der Waals surface area contributed by atoms with E-state index >= 15 is 0 Å². The Morgan fingerprint density at radius 2 is 1.89 bits per heavy atom. The Labute approximate surface area is 111 Å². The zero-order chi connectivity index (χ0) is 13.4. The fourth-order valence-corrected chi connectivity index (χ4v) is 4.13. The van der Waals surface area contributed by atoms with Crippen LogP contribution in [0, 0.1) is 27.6 Å². The Hall–Kier alpha value is -1.39. The minimum absolute atomic E-state index is 0.0566. The highest BCUT2D eigenvalue weighted by Crippen LogP contribution is 2.51. The van der Waals surface area contributed by atoms with E-state index in [0.717, 1.165) is 25.7 Å². The molecule has 0 aliphatic heterocycles. The fraction of sp³-hybridized carbons (Fsp3) is 0.786. The van der Waals surface area contributed by atoms with Crippen LogP contribution in [0.5, 0.6) is 0 Å². The Bertz CT molecular complexity index is 446. The smallest absolute Gasteiger partial charge is 0.133 e. The number of nitrogens with zero attached hydrogens (tertiary/aromatic N) is 2. The number of rotatable bonds is 3. The summed E-state index contributed by atoms with van der Waals surface area (Å²) in [5.74, 6) is 0.716. The first-order valence-corrected chi connectivity index (χ1v) is 7.13. The van der Waals surface area contributed by atoms with E-state index in [2.05, 4.69) is 16.4 Å². The Balaban J connectivity index is 1.83. The van der Waals surface area contributed by atoms with Crippen LogP contribution in [0.2, 0.25) is 0 Å². The lowest BCUT2D eigenvalue weighted by Crippen LogP contribution is -2.30. The van der Waals surface area contributed by atoms with Gasteiger partial charge in [-0.2, -0.15) is 9.81 Å². The number of fused-ring (bicyclic) bond motifs is 2. The molecule has 2 saturated carbocycles. The molecule has 0 amide bonds. The van der Waals surface area contributed by atoms with Gasteiger partial charge in [0.1, 0.15) is 17.9 Å². The maximum absolute atomic E-state index is 11.7. The summed E-state index contributed by atoms with van der Waals surface area (Å²) in [7, 11) is 0. The van der Waals surface area contributed by atoms with Crippen LogP contribution >= 0.6 is 0 Å². The lowest BCUT2D eigenvalue weighted by Gasteiger charge is -2.26. The van der Waals surface area contributed by atoms with Gasteiger partial charge in [0.25, 0.3) is 0 Å². The SMILES string of the molecule is O=N[C@@H]1[C@H](N=O)[C@H]2C=C([C@@H]3CCCCC(=O)C3)[C@@H]1C2.